The van der Waals surface area contributed by atoms with E-state index >= 15 is 0 Å². The number of nitrogens with one attached hydrogen (secondary N) is 1. The zero-order valence-electron chi connectivity index (χ0n) is 18.1. The molecule has 3 rings (SSSR count). The number of nitrogens with zero attached hydrogens (tertiary/aromatic N) is 2. The summed E-state index contributed by atoms with van der Waals surface area (Å²) < 4.78 is 19.3. The molecule has 1 aromatic heterocycles. The van der Waals surface area contributed by atoms with E-state index < -0.39 is 5.91 Å². The number of methoxy groups -OCH3 is 3. The van der Waals surface area contributed by atoms with Gasteiger partial charge in [0.1, 0.15) is 5.69 Å². The van der Waals surface area contributed by atoms with Crippen LogP contribution in [-0.2, 0) is 11.8 Å². The second kappa shape index (κ2) is 9.25. The first kappa shape index (κ1) is 21.8. The Morgan fingerprint density at radius 3 is 2.26 bits per heavy atom. The topological polar surface area (TPSA) is 83.7 Å². The maximum atomic E-state index is 12.9. The van der Waals surface area contributed by atoms with Crippen molar-refractivity contribution in [2.24, 2.45) is 7.05 Å². The Labute approximate surface area is 180 Å². The van der Waals surface area contributed by atoms with Crippen LogP contribution >= 0.6 is 0 Å². The number of hydrogen-bond acceptors (Lipinski definition) is 5. The van der Waals surface area contributed by atoms with Gasteiger partial charge in [-0.3, -0.25) is 14.3 Å². The minimum Gasteiger partial charge on any atom is -0.493 e. The van der Waals surface area contributed by atoms with E-state index in [1.165, 1.54) is 32.1 Å². The molecule has 1 N–H and O–H groups in total. The summed E-state index contributed by atoms with van der Waals surface area (Å²) in [5.41, 5.74) is 1.89. The van der Waals surface area contributed by atoms with Crippen LogP contribution in [0.1, 0.15) is 11.3 Å². The molecule has 0 aliphatic carbocycles. The molecular formula is C23H25N3O5. The van der Waals surface area contributed by atoms with Crippen molar-refractivity contribution >= 4 is 17.7 Å². The summed E-state index contributed by atoms with van der Waals surface area (Å²) in [7, 11) is 6.32. The van der Waals surface area contributed by atoms with Gasteiger partial charge in [-0.1, -0.05) is 18.2 Å². The van der Waals surface area contributed by atoms with Crippen LogP contribution in [0.15, 0.2) is 53.3 Å². The Hall–Kier alpha value is -3.94. The maximum Gasteiger partial charge on any atom is 0.295 e. The van der Waals surface area contributed by atoms with Crippen molar-refractivity contribution in [1.82, 2.24) is 9.36 Å². The van der Waals surface area contributed by atoms with Crippen molar-refractivity contribution < 1.29 is 19.0 Å². The molecule has 2 aromatic carbocycles. The highest BCUT2D eigenvalue weighted by atomic mass is 16.5. The van der Waals surface area contributed by atoms with E-state index in [0.717, 1.165) is 0 Å². The quantitative estimate of drug-likeness (QED) is 0.590. The number of amides is 1. The number of para-hydroxylation sites is 1. The third kappa shape index (κ3) is 4.18. The van der Waals surface area contributed by atoms with Gasteiger partial charge in [0.15, 0.2) is 11.5 Å². The summed E-state index contributed by atoms with van der Waals surface area (Å²) in [6.45, 7) is 1.78. The highest BCUT2D eigenvalue weighted by Crippen LogP contribution is 2.40. The summed E-state index contributed by atoms with van der Waals surface area (Å²) in [4.78, 5) is 25.5. The molecule has 31 heavy (non-hydrogen) atoms. The Morgan fingerprint density at radius 2 is 1.65 bits per heavy atom. The van der Waals surface area contributed by atoms with Crippen LogP contribution in [0, 0.1) is 6.92 Å². The van der Waals surface area contributed by atoms with Crippen molar-refractivity contribution in [3.63, 3.8) is 0 Å². The first-order valence-electron chi connectivity index (χ1n) is 9.55. The van der Waals surface area contributed by atoms with E-state index in [0.29, 0.717) is 34.2 Å². The highest BCUT2D eigenvalue weighted by molar-refractivity contribution is 6.02. The average Bonchev–Trinajstić information content (AvgIpc) is 3.00. The lowest BCUT2D eigenvalue weighted by Crippen LogP contribution is -2.22. The van der Waals surface area contributed by atoms with Crippen molar-refractivity contribution in [2.75, 3.05) is 26.6 Å². The van der Waals surface area contributed by atoms with Gasteiger partial charge in [-0.15, -0.1) is 0 Å². The molecule has 1 heterocycles. The number of aromatic nitrogens is 2. The summed E-state index contributed by atoms with van der Waals surface area (Å²) in [6.07, 6.45) is 2.92. The number of carbonyl (C=O) groups is 1. The van der Waals surface area contributed by atoms with Crippen LogP contribution < -0.4 is 25.1 Å². The van der Waals surface area contributed by atoms with Gasteiger partial charge in [-0.25, -0.2) is 4.68 Å². The molecule has 0 aliphatic heterocycles. The summed E-state index contributed by atoms with van der Waals surface area (Å²) in [6, 6.07) is 12.7. The monoisotopic (exact) mass is 423 g/mol. The summed E-state index contributed by atoms with van der Waals surface area (Å²) in [5.74, 6) is 0.940. The fraction of sp³-hybridized carbons (Fsp3) is 0.217. The number of hydrogen-bond donors (Lipinski definition) is 1. The Bertz CT molecular complexity index is 1180. The number of ether oxygens (including phenoxy) is 3. The minimum absolute atomic E-state index is 0.222. The third-order valence-electron chi connectivity index (χ3n) is 4.95. The highest BCUT2D eigenvalue weighted by Gasteiger charge is 2.18. The average molecular weight is 423 g/mol. The Balaban J connectivity index is 1.89. The number of carbonyl (C=O) groups excluding carboxylic acids is 1. The molecular weight excluding hydrogens is 398 g/mol. The van der Waals surface area contributed by atoms with Gasteiger partial charge in [-0.05, 0) is 37.3 Å². The zero-order valence-corrected chi connectivity index (χ0v) is 18.1. The van der Waals surface area contributed by atoms with Crippen LogP contribution in [0.25, 0.3) is 11.8 Å². The van der Waals surface area contributed by atoms with Crippen molar-refractivity contribution in [2.45, 2.75) is 6.92 Å². The molecule has 0 bridgehead atoms. The third-order valence-corrected chi connectivity index (χ3v) is 4.95. The van der Waals surface area contributed by atoms with Crippen LogP contribution in [0.4, 0.5) is 5.69 Å². The van der Waals surface area contributed by atoms with Crippen LogP contribution in [0.3, 0.4) is 0 Å². The molecule has 0 radical (unpaired) electrons. The van der Waals surface area contributed by atoms with Gasteiger partial charge >= 0.3 is 0 Å². The molecule has 8 heteroatoms. The van der Waals surface area contributed by atoms with Crippen molar-refractivity contribution in [3.8, 4) is 22.9 Å². The molecule has 8 nitrogen and oxygen atoms in total. The number of benzene rings is 2. The predicted molar refractivity (Wildman–Crippen MR) is 120 cm³/mol. The van der Waals surface area contributed by atoms with Crippen molar-refractivity contribution in [1.29, 1.82) is 0 Å². The van der Waals surface area contributed by atoms with Crippen molar-refractivity contribution in [3.05, 3.63) is 70.2 Å². The normalized spacial score (nSPS) is 10.9. The van der Waals surface area contributed by atoms with Gasteiger partial charge in [0, 0.05) is 18.7 Å². The largest absolute Gasteiger partial charge is 0.493 e. The lowest BCUT2D eigenvalue weighted by atomic mass is 10.1. The van der Waals surface area contributed by atoms with E-state index in [9.17, 15) is 9.59 Å². The van der Waals surface area contributed by atoms with Gasteiger partial charge in [0.25, 0.3) is 5.56 Å². The molecule has 1 amide bonds. The van der Waals surface area contributed by atoms with Gasteiger partial charge in [-0.2, -0.15) is 0 Å². The summed E-state index contributed by atoms with van der Waals surface area (Å²) >= 11 is 0. The van der Waals surface area contributed by atoms with E-state index in [1.807, 2.05) is 30.3 Å². The fourth-order valence-corrected chi connectivity index (χ4v) is 3.30. The molecule has 0 atom stereocenters. The molecule has 162 valence electrons. The van der Waals surface area contributed by atoms with Gasteiger partial charge in [0.2, 0.25) is 11.7 Å². The second-order valence-corrected chi connectivity index (χ2v) is 6.68. The Morgan fingerprint density at radius 1 is 0.968 bits per heavy atom. The predicted octanol–water partition coefficient (Wildman–Crippen LogP) is 3.16. The van der Waals surface area contributed by atoms with Gasteiger partial charge in [0.05, 0.1) is 32.7 Å². The lowest BCUT2D eigenvalue weighted by Gasteiger charge is -2.13. The zero-order chi connectivity index (χ0) is 22.5. The van der Waals surface area contributed by atoms with Gasteiger partial charge < -0.3 is 19.5 Å². The molecule has 0 spiro atoms. The second-order valence-electron chi connectivity index (χ2n) is 6.68. The van der Waals surface area contributed by atoms with E-state index in [2.05, 4.69) is 5.32 Å². The first-order valence-corrected chi connectivity index (χ1v) is 9.55. The number of anilines is 1. The molecule has 0 unspecified atom stereocenters. The minimum atomic E-state index is -0.442. The lowest BCUT2D eigenvalue weighted by molar-refractivity contribution is -0.111. The maximum absolute atomic E-state index is 12.9. The molecule has 0 aliphatic rings. The number of rotatable bonds is 7. The molecule has 0 saturated heterocycles. The molecule has 0 saturated carbocycles. The van der Waals surface area contributed by atoms with Crippen LogP contribution in [0.2, 0.25) is 0 Å². The molecule has 3 aromatic rings. The SMILES string of the molecule is COc1ccc(/C=C/C(=O)Nc2c(C)n(C)n(-c3ccccc3)c2=O)c(OC)c1OC. The van der Waals surface area contributed by atoms with E-state index in [1.54, 1.807) is 36.9 Å². The summed E-state index contributed by atoms with van der Waals surface area (Å²) in [5, 5.41) is 2.69. The van der Waals surface area contributed by atoms with E-state index in [4.69, 9.17) is 14.2 Å². The smallest absolute Gasteiger partial charge is 0.295 e. The van der Waals surface area contributed by atoms with E-state index in [-0.39, 0.29) is 11.2 Å². The fourth-order valence-electron chi connectivity index (χ4n) is 3.30. The van der Waals surface area contributed by atoms with Crippen LogP contribution in [-0.4, -0.2) is 36.6 Å². The Kier molecular flexibility index (Phi) is 6.49. The first-order chi connectivity index (χ1) is 14.9. The molecule has 0 fully saturated rings. The van der Waals surface area contributed by atoms with Crippen LogP contribution in [0.5, 0.6) is 17.2 Å². The standard InChI is InChI=1S/C23H25N3O5/c1-15-20(23(28)26(25(15)2)17-9-7-6-8-10-17)24-19(27)14-12-16-11-13-18(29-3)22(31-5)21(16)30-4/h6-14H,1-5H3,(H,24,27)/b14-12+.